The molecule has 0 saturated carbocycles. The first-order valence-corrected chi connectivity index (χ1v) is 9.41. The van der Waals surface area contributed by atoms with E-state index >= 15 is 0 Å². The first kappa shape index (κ1) is 17.8. The lowest BCUT2D eigenvalue weighted by atomic mass is 10.1. The van der Waals surface area contributed by atoms with Crippen LogP contribution >= 0.6 is 11.8 Å². The predicted molar refractivity (Wildman–Crippen MR) is 99.4 cm³/mol. The van der Waals surface area contributed by atoms with Crippen molar-refractivity contribution >= 4 is 17.7 Å². The Hall–Kier alpha value is -2.02. The summed E-state index contributed by atoms with van der Waals surface area (Å²) in [5, 5.41) is 16.2. The van der Waals surface area contributed by atoms with Crippen LogP contribution in [0.1, 0.15) is 17.2 Å². The molecular weight excluding hydrogens is 336 g/mol. The molecule has 0 aliphatic carbocycles. The van der Waals surface area contributed by atoms with E-state index in [0.29, 0.717) is 12.4 Å². The number of hydrogen-bond acceptors (Lipinski definition) is 5. The number of nitrogens with one attached hydrogen (secondary N) is 2. The number of aliphatic hydroxyl groups is 1. The molecule has 25 heavy (non-hydrogen) atoms. The highest BCUT2D eigenvalue weighted by Crippen LogP contribution is 2.20. The van der Waals surface area contributed by atoms with E-state index in [0.717, 1.165) is 22.8 Å². The van der Waals surface area contributed by atoms with Crippen LogP contribution in [0.4, 0.5) is 0 Å². The maximum absolute atomic E-state index is 12.0. The van der Waals surface area contributed by atoms with Gasteiger partial charge in [0.2, 0.25) is 5.91 Å². The van der Waals surface area contributed by atoms with E-state index < -0.39 is 6.10 Å². The molecule has 0 spiro atoms. The molecule has 0 aromatic heterocycles. The summed E-state index contributed by atoms with van der Waals surface area (Å²) < 4.78 is 5.78. The molecule has 1 aliphatic heterocycles. The summed E-state index contributed by atoms with van der Waals surface area (Å²) in [6.45, 7) is 0.659. The molecular formula is C19H22N2O3S. The van der Waals surface area contributed by atoms with Crippen LogP contribution in [0.15, 0.2) is 54.6 Å². The summed E-state index contributed by atoms with van der Waals surface area (Å²) in [7, 11) is 0. The first-order valence-electron chi connectivity index (χ1n) is 8.26. The minimum absolute atomic E-state index is 0.0690. The average Bonchev–Trinajstić information content (AvgIpc) is 3.20. The van der Waals surface area contributed by atoms with Gasteiger partial charge in [0.1, 0.15) is 12.4 Å². The maximum atomic E-state index is 12.0. The molecule has 2 unspecified atom stereocenters. The molecule has 3 rings (SSSR count). The lowest BCUT2D eigenvalue weighted by Gasteiger charge is -2.16. The molecule has 1 aliphatic rings. The molecule has 2 aromatic rings. The van der Waals surface area contributed by atoms with Crippen LogP contribution in [-0.2, 0) is 11.4 Å². The second-order valence-electron chi connectivity index (χ2n) is 5.88. The fourth-order valence-electron chi connectivity index (χ4n) is 2.55. The van der Waals surface area contributed by atoms with Gasteiger partial charge in [-0.25, -0.2) is 0 Å². The molecule has 1 saturated heterocycles. The molecule has 1 heterocycles. The predicted octanol–water partition coefficient (Wildman–Crippen LogP) is 2.08. The van der Waals surface area contributed by atoms with Gasteiger partial charge in [0.05, 0.1) is 12.1 Å². The highest BCUT2D eigenvalue weighted by atomic mass is 32.2. The van der Waals surface area contributed by atoms with Crippen molar-refractivity contribution in [2.24, 2.45) is 0 Å². The standard InChI is InChI=1S/C19H22N2O3S/c22-18(10-20-19(23)17-12-25-13-21-17)15-7-4-8-16(9-15)24-11-14-5-2-1-3-6-14/h1-9,17-18,21-22H,10-13H2,(H,20,23). The second-order valence-corrected chi connectivity index (χ2v) is 6.91. The Morgan fingerprint density at radius 2 is 2.12 bits per heavy atom. The van der Waals surface area contributed by atoms with E-state index in [1.807, 2.05) is 54.6 Å². The normalized spacial score (nSPS) is 17.9. The van der Waals surface area contributed by atoms with Gasteiger partial charge < -0.3 is 15.2 Å². The van der Waals surface area contributed by atoms with Crippen LogP contribution in [0, 0.1) is 0 Å². The van der Waals surface area contributed by atoms with Crippen molar-refractivity contribution in [2.75, 3.05) is 18.2 Å². The lowest BCUT2D eigenvalue weighted by molar-refractivity contribution is -0.122. The monoisotopic (exact) mass is 358 g/mol. The number of hydrogen-bond donors (Lipinski definition) is 3. The SMILES string of the molecule is O=C(NCC(O)c1cccc(OCc2ccccc2)c1)C1CSCN1. The van der Waals surface area contributed by atoms with Crippen LogP contribution in [0.2, 0.25) is 0 Å². The summed E-state index contributed by atoms with van der Waals surface area (Å²) in [6.07, 6.45) is -0.765. The Labute approximate surface area is 151 Å². The smallest absolute Gasteiger partial charge is 0.238 e. The van der Waals surface area contributed by atoms with Crippen molar-refractivity contribution in [1.82, 2.24) is 10.6 Å². The van der Waals surface area contributed by atoms with Crippen LogP contribution in [-0.4, -0.2) is 35.2 Å². The highest BCUT2D eigenvalue weighted by molar-refractivity contribution is 7.99. The number of amides is 1. The van der Waals surface area contributed by atoms with E-state index in [4.69, 9.17) is 4.74 Å². The van der Waals surface area contributed by atoms with Crippen molar-refractivity contribution in [2.45, 2.75) is 18.8 Å². The van der Waals surface area contributed by atoms with E-state index in [2.05, 4.69) is 10.6 Å². The Balaban J connectivity index is 1.52. The summed E-state index contributed by atoms with van der Waals surface area (Å²) in [5.41, 5.74) is 1.81. The number of carbonyl (C=O) groups is 1. The van der Waals surface area contributed by atoms with Crippen molar-refractivity contribution in [1.29, 1.82) is 0 Å². The molecule has 1 fully saturated rings. The van der Waals surface area contributed by atoms with Crippen LogP contribution in [0.3, 0.4) is 0 Å². The lowest BCUT2D eigenvalue weighted by Crippen LogP contribution is -2.43. The van der Waals surface area contributed by atoms with Gasteiger partial charge in [-0.15, -0.1) is 11.8 Å². The summed E-state index contributed by atoms with van der Waals surface area (Å²) in [5.74, 6) is 2.19. The maximum Gasteiger partial charge on any atom is 0.238 e. The summed E-state index contributed by atoms with van der Waals surface area (Å²) >= 11 is 1.70. The molecule has 1 amide bonds. The van der Waals surface area contributed by atoms with Gasteiger partial charge in [-0.2, -0.15) is 0 Å². The quantitative estimate of drug-likeness (QED) is 0.707. The van der Waals surface area contributed by atoms with Crippen LogP contribution in [0.25, 0.3) is 0 Å². The van der Waals surface area contributed by atoms with Crippen molar-refractivity contribution in [3.63, 3.8) is 0 Å². The minimum Gasteiger partial charge on any atom is -0.489 e. The zero-order chi connectivity index (χ0) is 17.5. The largest absolute Gasteiger partial charge is 0.489 e. The zero-order valence-corrected chi connectivity index (χ0v) is 14.7. The Bertz CT molecular complexity index is 690. The van der Waals surface area contributed by atoms with Crippen molar-refractivity contribution < 1.29 is 14.6 Å². The molecule has 3 N–H and O–H groups in total. The van der Waals surface area contributed by atoms with Crippen LogP contribution in [0.5, 0.6) is 5.75 Å². The van der Waals surface area contributed by atoms with Crippen molar-refractivity contribution in [3.05, 3.63) is 65.7 Å². The van der Waals surface area contributed by atoms with Gasteiger partial charge in [0.25, 0.3) is 0 Å². The second kappa shape index (κ2) is 8.89. The van der Waals surface area contributed by atoms with Gasteiger partial charge in [0.15, 0.2) is 0 Å². The molecule has 6 heteroatoms. The Morgan fingerprint density at radius 3 is 2.88 bits per heavy atom. The molecule has 132 valence electrons. The van der Waals surface area contributed by atoms with E-state index in [9.17, 15) is 9.90 Å². The summed E-state index contributed by atoms with van der Waals surface area (Å²) in [4.78, 5) is 12.0. The average molecular weight is 358 g/mol. The summed E-state index contributed by atoms with van der Waals surface area (Å²) in [6, 6.07) is 17.1. The molecule has 2 atom stereocenters. The van der Waals surface area contributed by atoms with Gasteiger partial charge in [0, 0.05) is 18.2 Å². The third kappa shape index (κ3) is 5.22. The van der Waals surface area contributed by atoms with E-state index in [1.165, 1.54) is 0 Å². The number of carbonyl (C=O) groups excluding carboxylic acids is 1. The molecule has 2 aromatic carbocycles. The topological polar surface area (TPSA) is 70.6 Å². The number of ether oxygens (including phenoxy) is 1. The minimum atomic E-state index is -0.765. The zero-order valence-electron chi connectivity index (χ0n) is 13.9. The fraction of sp³-hybridized carbons (Fsp3) is 0.316. The van der Waals surface area contributed by atoms with Gasteiger partial charge >= 0.3 is 0 Å². The Morgan fingerprint density at radius 1 is 1.28 bits per heavy atom. The number of thioether (sulfide) groups is 1. The molecule has 0 bridgehead atoms. The van der Waals surface area contributed by atoms with E-state index in [1.54, 1.807) is 11.8 Å². The van der Waals surface area contributed by atoms with Gasteiger partial charge in [-0.1, -0.05) is 42.5 Å². The van der Waals surface area contributed by atoms with Crippen molar-refractivity contribution in [3.8, 4) is 5.75 Å². The third-order valence-corrected chi connectivity index (χ3v) is 4.93. The number of aliphatic hydroxyl groups excluding tert-OH is 1. The number of benzene rings is 2. The highest BCUT2D eigenvalue weighted by Gasteiger charge is 2.22. The van der Waals surface area contributed by atoms with Gasteiger partial charge in [-0.05, 0) is 23.3 Å². The molecule has 0 radical (unpaired) electrons. The Kier molecular flexibility index (Phi) is 6.33. The third-order valence-electron chi connectivity index (χ3n) is 3.99. The van der Waals surface area contributed by atoms with E-state index in [-0.39, 0.29) is 18.5 Å². The van der Waals surface area contributed by atoms with Crippen LogP contribution < -0.4 is 15.4 Å². The molecule has 5 nitrogen and oxygen atoms in total. The first-order chi connectivity index (χ1) is 12.2. The fourth-order valence-corrected chi connectivity index (χ4v) is 3.50. The van der Waals surface area contributed by atoms with Gasteiger partial charge in [-0.3, -0.25) is 10.1 Å². The number of rotatable bonds is 7.